The summed E-state index contributed by atoms with van der Waals surface area (Å²) in [5, 5.41) is 0. The van der Waals surface area contributed by atoms with Gasteiger partial charge in [0.1, 0.15) is 5.75 Å². The lowest BCUT2D eigenvalue weighted by Crippen LogP contribution is -2.25. The van der Waals surface area contributed by atoms with Crippen LogP contribution in [-0.4, -0.2) is 42.7 Å². The molecule has 0 heterocycles. The van der Waals surface area contributed by atoms with Crippen molar-refractivity contribution in [3.63, 3.8) is 0 Å². The molecule has 4 heteroatoms. The predicted molar refractivity (Wildman–Crippen MR) is 106 cm³/mol. The monoisotopic (exact) mass is 357 g/mol. The van der Waals surface area contributed by atoms with Crippen LogP contribution in [0.5, 0.6) is 5.75 Å². The Labute approximate surface area is 157 Å². The second-order valence-corrected chi connectivity index (χ2v) is 7.17. The molecule has 0 bridgehead atoms. The van der Waals surface area contributed by atoms with Crippen LogP contribution >= 0.6 is 0 Å². The third-order valence-corrected chi connectivity index (χ3v) is 5.02. The van der Waals surface area contributed by atoms with Gasteiger partial charge in [-0.05, 0) is 62.5 Å². The van der Waals surface area contributed by atoms with Crippen LogP contribution in [0.1, 0.15) is 62.0 Å². The molecule has 4 nitrogen and oxygen atoms in total. The topological polar surface area (TPSA) is 46.6 Å². The Morgan fingerprint density at radius 3 is 2.35 bits per heavy atom. The molecule has 26 heavy (non-hydrogen) atoms. The van der Waals surface area contributed by atoms with Crippen LogP contribution in [-0.2, 0) is 4.79 Å². The summed E-state index contributed by atoms with van der Waals surface area (Å²) < 4.78 is 5.98. The maximum atomic E-state index is 12.7. The van der Waals surface area contributed by atoms with Crippen LogP contribution in [0.25, 0.3) is 6.08 Å². The van der Waals surface area contributed by atoms with E-state index in [-0.39, 0.29) is 5.92 Å². The fraction of sp³-hybridized carbons (Fsp3) is 0.545. The summed E-state index contributed by atoms with van der Waals surface area (Å²) in [6.07, 6.45) is 3.82. The Kier molecular flexibility index (Phi) is 7.15. The van der Waals surface area contributed by atoms with Crippen LogP contribution < -0.4 is 4.74 Å². The molecular weight excluding hydrogens is 326 g/mol. The van der Waals surface area contributed by atoms with Gasteiger partial charge in [-0.25, -0.2) is 0 Å². The van der Waals surface area contributed by atoms with Gasteiger partial charge in [-0.1, -0.05) is 39.8 Å². The average Bonchev–Trinajstić information content (AvgIpc) is 2.62. The highest BCUT2D eigenvalue weighted by Crippen LogP contribution is 2.34. The zero-order valence-electron chi connectivity index (χ0n) is 16.7. The minimum Gasteiger partial charge on any atom is -0.493 e. The van der Waals surface area contributed by atoms with Gasteiger partial charge in [0.05, 0.1) is 12.2 Å². The van der Waals surface area contributed by atoms with Crippen molar-refractivity contribution in [3.05, 3.63) is 34.4 Å². The highest BCUT2D eigenvalue weighted by Gasteiger charge is 2.32. The lowest BCUT2D eigenvalue weighted by molar-refractivity contribution is -0.112. The number of carbonyl (C=O) groups is 2. The first-order chi connectivity index (χ1) is 12.4. The molecule has 0 saturated carbocycles. The molecular formula is C22H31NO3. The Bertz CT molecular complexity index is 700. The third-order valence-electron chi connectivity index (χ3n) is 5.02. The van der Waals surface area contributed by atoms with Crippen LogP contribution in [0.4, 0.5) is 0 Å². The van der Waals surface area contributed by atoms with E-state index in [4.69, 9.17) is 4.74 Å². The molecule has 0 amide bonds. The number of hydrogen-bond acceptors (Lipinski definition) is 4. The Morgan fingerprint density at radius 2 is 1.73 bits per heavy atom. The number of rotatable bonds is 9. The van der Waals surface area contributed by atoms with Crippen LogP contribution in [0.15, 0.2) is 17.7 Å². The minimum atomic E-state index is -0.437. The van der Waals surface area contributed by atoms with Crippen molar-refractivity contribution < 1.29 is 14.3 Å². The molecule has 1 aromatic carbocycles. The first-order valence-electron chi connectivity index (χ1n) is 9.70. The second-order valence-electron chi connectivity index (χ2n) is 7.17. The summed E-state index contributed by atoms with van der Waals surface area (Å²) in [5.74, 6) is -0.231. The Hall–Kier alpha value is -1.94. The lowest BCUT2D eigenvalue weighted by atomic mass is 9.84. The smallest absolute Gasteiger partial charge is 0.237 e. The predicted octanol–water partition coefficient (Wildman–Crippen LogP) is 4.30. The third kappa shape index (κ3) is 4.42. The number of allylic oxidation sites excluding steroid dienone is 1. The van der Waals surface area contributed by atoms with Gasteiger partial charge >= 0.3 is 0 Å². The van der Waals surface area contributed by atoms with Crippen molar-refractivity contribution in [1.29, 1.82) is 0 Å². The molecule has 1 aliphatic rings. The standard InChI is InChI=1S/C22H31NO3/c1-6-23(7-2)12-8-9-13-26-22-16(5)10-11-17-14-18(15(3)4)20(24)21(25)19(17)22/h10-11,14-15H,6-9,12-13H2,1-5H3. The maximum absolute atomic E-state index is 12.7. The summed E-state index contributed by atoms with van der Waals surface area (Å²) in [6.45, 7) is 13.9. The van der Waals surface area contributed by atoms with E-state index in [1.807, 2.05) is 39.0 Å². The number of benzene rings is 1. The van der Waals surface area contributed by atoms with Gasteiger partial charge in [0.15, 0.2) is 0 Å². The summed E-state index contributed by atoms with van der Waals surface area (Å²) in [7, 11) is 0. The molecule has 0 radical (unpaired) electrons. The number of fused-ring (bicyclic) bond motifs is 1. The molecule has 0 aromatic heterocycles. The fourth-order valence-electron chi connectivity index (χ4n) is 3.30. The van der Waals surface area contributed by atoms with Gasteiger partial charge in [-0.2, -0.15) is 0 Å². The molecule has 0 saturated heterocycles. The SMILES string of the molecule is CCN(CC)CCCCOc1c(C)ccc2c1C(=O)C(=O)C(C(C)C)=C2. The Balaban J connectivity index is 2.13. The van der Waals surface area contributed by atoms with E-state index in [0.29, 0.717) is 23.5 Å². The van der Waals surface area contributed by atoms with Crippen LogP contribution in [0.2, 0.25) is 0 Å². The molecule has 1 aromatic rings. The molecule has 0 atom stereocenters. The average molecular weight is 357 g/mol. The number of hydrogen-bond donors (Lipinski definition) is 0. The first-order valence-corrected chi connectivity index (χ1v) is 9.70. The maximum Gasteiger partial charge on any atom is 0.237 e. The van der Waals surface area contributed by atoms with Crippen molar-refractivity contribution in [1.82, 2.24) is 4.90 Å². The first kappa shape index (κ1) is 20.4. The van der Waals surface area contributed by atoms with Crippen molar-refractivity contribution >= 4 is 17.6 Å². The van der Waals surface area contributed by atoms with Gasteiger partial charge in [0.2, 0.25) is 11.6 Å². The molecule has 0 N–H and O–H groups in total. The van der Waals surface area contributed by atoms with E-state index >= 15 is 0 Å². The Morgan fingerprint density at radius 1 is 1.04 bits per heavy atom. The minimum absolute atomic E-state index is 0.0327. The van der Waals surface area contributed by atoms with Crippen molar-refractivity contribution in [2.45, 2.75) is 47.5 Å². The number of carbonyl (C=O) groups excluding carboxylic acids is 2. The summed E-state index contributed by atoms with van der Waals surface area (Å²) in [6, 6.07) is 3.87. The van der Waals surface area contributed by atoms with Crippen molar-refractivity contribution in [2.75, 3.05) is 26.2 Å². The van der Waals surface area contributed by atoms with Crippen LogP contribution in [0, 0.1) is 12.8 Å². The van der Waals surface area contributed by atoms with E-state index < -0.39 is 11.6 Å². The summed E-state index contributed by atoms with van der Waals surface area (Å²) in [5.41, 5.74) is 2.71. The number of nitrogens with zero attached hydrogens (tertiary/aromatic N) is 1. The zero-order valence-corrected chi connectivity index (χ0v) is 16.7. The summed E-state index contributed by atoms with van der Waals surface area (Å²) in [4.78, 5) is 27.5. The van der Waals surface area contributed by atoms with E-state index in [9.17, 15) is 9.59 Å². The van der Waals surface area contributed by atoms with Gasteiger partial charge in [0, 0.05) is 5.57 Å². The van der Waals surface area contributed by atoms with Gasteiger partial charge in [-0.15, -0.1) is 0 Å². The quantitative estimate of drug-likeness (QED) is 0.488. The zero-order chi connectivity index (χ0) is 19.3. The number of aryl methyl sites for hydroxylation is 1. The van der Waals surface area contributed by atoms with Crippen molar-refractivity contribution in [3.8, 4) is 5.75 Å². The molecule has 0 fully saturated rings. The molecule has 142 valence electrons. The van der Waals surface area contributed by atoms with Gasteiger partial charge in [-0.3, -0.25) is 9.59 Å². The van der Waals surface area contributed by atoms with Crippen LogP contribution in [0.3, 0.4) is 0 Å². The second kappa shape index (κ2) is 9.13. The molecule has 0 spiro atoms. The van der Waals surface area contributed by atoms with Gasteiger partial charge in [0.25, 0.3) is 0 Å². The number of Topliss-reactive ketones (excluding diaryl/α,β-unsaturated/α-hetero) is 2. The number of ether oxygens (including phenoxy) is 1. The molecule has 0 aliphatic heterocycles. The number of ketones is 2. The number of unbranched alkanes of at least 4 members (excludes halogenated alkanes) is 1. The summed E-state index contributed by atoms with van der Waals surface area (Å²) >= 11 is 0. The highest BCUT2D eigenvalue weighted by atomic mass is 16.5. The van der Waals surface area contributed by atoms with Crippen molar-refractivity contribution in [2.24, 2.45) is 5.92 Å². The van der Waals surface area contributed by atoms with E-state index in [1.165, 1.54) is 0 Å². The molecule has 2 rings (SSSR count). The molecule has 0 unspecified atom stereocenters. The van der Waals surface area contributed by atoms with E-state index in [0.717, 1.165) is 43.6 Å². The van der Waals surface area contributed by atoms with E-state index in [2.05, 4.69) is 18.7 Å². The molecule has 1 aliphatic carbocycles. The largest absolute Gasteiger partial charge is 0.493 e. The van der Waals surface area contributed by atoms with E-state index in [1.54, 1.807) is 0 Å². The van der Waals surface area contributed by atoms with Gasteiger partial charge < -0.3 is 9.64 Å². The normalized spacial score (nSPS) is 14.0. The fourth-order valence-corrected chi connectivity index (χ4v) is 3.30. The lowest BCUT2D eigenvalue weighted by Gasteiger charge is -2.21. The highest BCUT2D eigenvalue weighted by molar-refractivity contribution is 6.52.